The van der Waals surface area contributed by atoms with E-state index in [1.807, 2.05) is 0 Å². The van der Waals surface area contributed by atoms with Crippen LogP contribution in [-0.2, 0) is 0 Å². The van der Waals surface area contributed by atoms with Gasteiger partial charge in [0.15, 0.2) is 5.76 Å². The standard InChI is InChI=1S/C8H5BrN2O3/c9-5-6(8(12)13)11-14-7(5)4-2-1-3-10-4/h1-3,10H,(H,12,13). The Kier molecular flexibility index (Phi) is 2.12. The number of carboxylic acid groups (broad SMARTS) is 1. The number of nitrogens with one attached hydrogen (secondary N) is 1. The summed E-state index contributed by atoms with van der Waals surface area (Å²) in [5, 5.41) is 12.1. The summed E-state index contributed by atoms with van der Waals surface area (Å²) < 4.78 is 5.23. The summed E-state index contributed by atoms with van der Waals surface area (Å²) in [6.45, 7) is 0. The molecule has 0 spiro atoms. The highest BCUT2D eigenvalue weighted by molar-refractivity contribution is 9.10. The molecule has 5 nitrogen and oxygen atoms in total. The predicted octanol–water partition coefficient (Wildman–Crippen LogP) is 2.13. The summed E-state index contributed by atoms with van der Waals surface area (Å²) in [5.41, 5.74) is 0.548. The molecule has 0 unspecified atom stereocenters. The quantitative estimate of drug-likeness (QED) is 0.863. The number of rotatable bonds is 2. The second kappa shape index (κ2) is 3.30. The SMILES string of the molecule is O=C(O)c1noc(-c2ccc[nH]2)c1Br. The van der Waals surface area contributed by atoms with Gasteiger partial charge in [-0.05, 0) is 28.1 Å². The second-order valence-electron chi connectivity index (χ2n) is 2.56. The maximum atomic E-state index is 10.6. The number of nitrogens with zero attached hydrogens (tertiary/aromatic N) is 1. The third-order valence-electron chi connectivity index (χ3n) is 1.68. The zero-order valence-corrected chi connectivity index (χ0v) is 8.41. The highest BCUT2D eigenvalue weighted by Gasteiger charge is 2.20. The van der Waals surface area contributed by atoms with E-state index in [2.05, 4.69) is 26.1 Å². The van der Waals surface area contributed by atoms with Crippen molar-refractivity contribution in [2.75, 3.05) is 0 Å². The van der Waals surface area contributed by atoms with Crippen molar-refractivity contribution in [3.05, 3.63) is 28.5 Å². The number of hydrogen-bond acceptors (Lipinski definition) is 3. The van der Waals surface area contributed by atoms with E-state index in [1.54, 1.807) is 18.3 Å². The molecule has 0 aliphatic heterocycles. The molecule has 0 atom stereocenters. The van der Waals surface area contributed by atoms with Gasteiger partial charge in [-0.3, -0.25) is 0 Å². The molecule has 0 bridgehead atoms. The molecule has 0 saturated heterocycles. The van der Waals surface area contributed by atoms with Gasteiger partial charge in [0.1, 0.15) is 4.47 Å². The van der Waals surface area contributed by atoms with Crippen LogP contribution in [0.4, 0.5) is 0 Å². The molecule has 2 N–H and O–H groups in total. The number of aromatic nitrogens is 2. The molecule has 14 heavy (non-hydrogen) atoms. The molecule has 6 heteroatoms. The van der Waals surface area contributed by atoms with Crippen LogP contribution in [0.15, 0.2) is 27.3 Å². The van der Waals surface area contributed by atoms with Crippen molar-refractivity contribution in [2.24, 2.45) is 0 Å². The van der Waals surface area contributed by atoms with E-state index in [9.17, 15) is 4.79 Å². The third kappa shape index (κ3) is 1.33. The fourth-order valence-corrected chi connectivity index (χ4v) is 1.58. The van der Waals surface area contributed by atoms with Crippen LogP contribution in [0.25, 0.3) is 11.5 Å². The van der Waals surface area contributed by atoms with Crippen LogP contribution in [-0.4, -0.2) is 21.2 Å². The molecule has 2 heterocycles. The van der Waals surface area contributed by atoms with Gasteiger partial charge in [0.25, 0.3) is 0 Å². The molecule has 0 radical (unpaired) electrons. The Morgan fingerprint density at radius 2 is 2.43 bits per heavy atom. The van der Waals surface area contributed by atoms with Crippen molar-refractivity contribution in [2.45, 2.75) is 0 Å². The largest absolute Gasteiger partial charge is 0.476 e. The first-order valence-electron chi connectivity index (χ1n) is 3.72. The first kappa shape index (κ1) is 9.01. The summed E-state index contributed by atoms with van der Waals surface area (Å²) in [4.78, 5) is 13.5. The molecule has 2 rings (SSSR count). The number of hydrogen-bond donors (Lipinski definition) is 2. The van der Waals surface area contributed by atoms with E-state index < -0.39 is 5.97 Å². The highest BCUT2D eigenvalue weighted by Crippen LogP contribution is 2.29. The van der Waals surface area contributed by atoms with Gasteiger partial charge >= 0.3 is 5.97 Å². The predicted molar refractivity (Wildman–Crippen MR) is 50.9 cm³/mol. The summed E-state index contributed by atoms with van der Waals surface area (Å²) >= 11 is 3.12. The average molecular weight is 257 g/mol. The molecule has 0 amide bonds. The van der Waals surface area contributed by atoms with E-state index in [0.29, 0.717) is 15.9 Å². The van der Waals surface area contributed by atoms with Crippen LogP contribution >= 0.6 is 15.9 Å². The third-order valence-corrected chi connectivity index (χ3v) is 2.42. The maximum absolute atomic E-state index is 10.6. The first-order chi connectivity index (χ1) is 6.70. The Morgan fingerprint density at radius 3 is 2.93 bits per heavy atom. The van der Waals surface area contributed by atoms with Gasteiger partial charge in [0.2, 0.25) is 5.69 Å². The van der Waals surface area contributed by atoms with Crippen LogP contribution in [0.5, 0.6) is 0 Å². The number of carboxylic acids is 1. The van der Waals surface area contributed by atoms with Crippen LogP contribution in [0.2, 0.25) is 0 Å². The topological polar surface area (TPSA) is 79.1 Å². The summed E-state index contributed by atoms with van der Waals surface area (Å²) in [6.07, 6.45) is 1.71. The van der Waals surface area contributed by atoms with Gasteiger partial charge in [0.05, 0.1) is 5.69 Å². The lowest BCUT2D eigenvalue weighted by atomic mass is 10.3. The number of carbonyl (C=O) groups is 1. The normalized spacial score (nSPS) is 10.4. The first-order valence-corrected chi connectivity index (χ1v) is 4.51. The van der Waals surface area contributed by atoms with E-state index in [1.165, 1.54) is 0 Å². The van der Waals surface area contributed by atoms with Crippen LogP contribution in [0.3, 0.4) is 0 Å². The average Bonchev–Trinajstić information content (AvgIpc) is 2.71. The van der Waals surface area contributed by atoms with Gasteiger partial charge in [-0.15, -0.1) is 0 Å². The zero-order valence-electron chi connectivity index (χ0n) is 6.82. The smallest absolute Gasteiger partial charge is 0.359 e. The van der Waals surface area contributed by atoms with Crippen molar-refractivity contribution in [1.29, 1.82) is 0 Å². The van der Waals surface area contributed by atoms with Gasteiger partial charge in [-0.25, -0.2) is 4.79 Å². The molecule has 0 aliphatic carbocycles. The fraction of sp³-hybridized carbons (Fsp3) is 0. The zero-order chi connectivity index (χ0) is 10.1. The van der Waals surface area contributed by atoms with Crippen molar-refractivity contribution in [1.82, 2.24) is 10.1 Å². The van der Waals surface area contributed by atoms with E-state index in [0.717, 1.165) is 0 Å². The lowest BCUT2D eigenvalue weighted by Crippen LogP contribution is -1.96. The Labute approximate surface area is 86.9 Å². The molecule has 0 saturated carbocycles. The number of aromatic carboxylic acids is 1. The Hall–Kier alpha value is -1.56. The number of H-pyrrole nitrogens is 1. The molecular weight excluding hydrogens is 252 g/mol. The summed E-state index contributed by atoms with van der Waals surface area (Å²) in [6, 6.07) is 3.54. The Morgan fingerprint density at radius 1 is 1.64 bits per heavy atom. The molecular formula is C8H5BrN2O3. The fourth-order valence-electron chi connectivity index (χ4n) is 1.05. The molecule has 0 aliphatic rings. The molecule has 72 valence electrons. The van der Waals surface area contributed by atoms with Crippen molar-refractivity contribution in [3.63, 3.8) is 0 Å². The van der Waals surface area contributed by atoms with Crippen molar-refractivity contribution in [3.8, 4) is 11.5 Å². The number of aromatic amines is 1. The minimum Gasteiger partial charge on any atom is -0.476 e. The summed E-state index contributed by atoms with van der Waals surface area (Å²) in [7, 11) is 0. The Bertz CT molecular complexity index is 461. The monoisotopic (exact) mass is 256 g/mol. The van der Waals surface area contributed by atoms with E-state index >= 15 is 0 Å². The number of halogens is 1. The van der Waals surface area contributed by atoms with Crippen molar-refractivity contribution >= 4 is 21.9 Å². The van der Waals surface area contributed by atoms with Gasteiger partial charge in [0, 0.05) is 6.20 Å². The lowest BCUT2D eigenvalue weighted by molar-refractivity contribution is 0.0685. The van der Waals surface area contributed by atoms with Gasteiger partial charge in [-0.2, -0.15) is 0 Å². The molecule has 2 aromatic heterocycles. The maximum Gasteiger partial charge on any atom is 0.359 e. The van der Waals surface area contributed by atoms with Gasteiger partial charge in [-0.1, -0.05) is 5.16 Å². The van der Waals surface area contributed by atoms with Gasteiger partial charge < -0.3 is 14.6 Å². The van der Waals surface area contributed by atoms with Crippen LogP contribution < -0.4 is 0 Å². The molecule has 2 aromatic rings. The minimum atomic E-state index is -1.13. The second-order valence-corrected chi connectivity index (χ2v) is 3.36. The van der Waals surface area contributed by atoms with E-state index in [-0.39, 0.29) is 5.69 Å². The molecule has 0 aromatic carbocycles. The van der Waals surface area contributed by atoms with E-state index in [4.69, 9.17) is 9.63 Å². The van der Waals surface area contributed by atoms with Crippen LogP contribution in [0, 0.1) is 0 Å². The van der Waals surface area contributed by atoms with Crippen LogP contribution in [0.1, 0.15) is 10.5 Å². The highest BCUT2D eigenvalue weighted by atomic mass is 79.9. The lowest BCUT2D eigenvalue weighted by Gasteiger charge is -1.89. The molecule has 0 fully saturated rings. The summed E-state index contributed by atoms with van der Waals surface area (Å²) in [5.74, 6) is -0.745. The minimum absolute atomic E-state index is 0.130. The Balaban J connectivity index is 2.52. The van der Waals surface area contributed by atoms with Crippen molar-refractivity contribution < 1.29 is 14.4 Å².